The Hall–Kier alpha value is -0.580. The largest absolute Gasteiger partial charge is 0.352 e. The molecule has 1 aromatic rings. The molecule has 1 unspecified atom stereocenters. The fraction of sp³-hybridized carbons (Fsp3) is 0.650. The van der Waals surface area contributed by atoms with Crippen LogP contribution in [0.5, 0.6) is 0 Å². The lowest BCUT2D eigenvalue weighted by atomic mass is 9.84. The van der Waals surface area contributed by atoms with E-state index in [0.717, 1.165) is 36.4 Å². The lowest BCUT2D eigenvalue weighted by Gasteiger charge is -2.43. The second-order valence-corrected chi connectivity index (χ2v) is 8.70. The van der Waals surface area contributed by atoms with Crippen LogP contribution in [0.2, 0.25) is 0 Å². The van der Waals surface area contributed by atoms with Gasteiger partial charge in [0, 0.05) is 32.2 Å². The van der Waals surface area contributed by atoms with Crippen LogP contribution in [-0.2, 0) is 6.54 Å². The maximum absolute atomic E-state index is 5.41. The highest BCUT2D eigenvalue weighted by molar-refractivity contribution is 8.10. The molecule has 0 spiro atoms. The topological polar surface area (TPSA) is 6.48 Å². The van der Waals surface area contributed by atoms with Crippen molar-refractivity contribution < 1.29 is 0 Å². The van der Waals surface area contributed by atoms with Gasteiger partial charge in [-0.25, -0.2) is 0 Å². The van der Waals surface area contributed by atoms with Crippen molar-refractivity contribution in [2.45, 2.75) is 58.0 Å². The van der Waals surface area contributed by atoms with Gasteiger partial charge in [-0.15, -0.1) is 12.6 Å². The molecule has 0 N–H and O–H groups in total. The molecule has 4 heteroatoms. The van der Waals surface area contributed by atoms with E-state index in [1.54, 1.807) is 0 Å². The number of nitrogens with zero attached hydrogens (tertiary/aromatic N) is 2. The number of piperazine rings is 1. The van der Waals surface area contributed by atoms with Crippen molar-refractivity contribution in [2.24, 2.45) is 5.92 Å². The van der Waals surface area contributed by atoms with Crippen molar-refractivity contribution in [3.8, 4) is 0 Å². The second-order valence-electron chi connectivity index (χ2n) is 7.59. The van der Waals surface area contributed by atoms with Gasteiger partial charge in [0.2, 0.25) is 0 Å². The number of thiocarbonyl (C=S) groups is 1. The van der Waals surface area contributed by atoms with Gasteiger partial charge in [0.15, 0.2) is 0 Å². The maximum Gasteiger partial charge on any atom is 0.133 e. The molecule has 24 heavy (non-hydrogen) atoms. The Balaban J connectivity index is 1.61. The van der Waals surface area contributed by atoms with Crippen molar-refractivity contribution in [3.05, 3.63) is 35.4 Å². The summed E-state index contributed by atoms with van der Waals surface area (Å²) in [7, 11) is 0. The number of rotatable bonds is 4. The summed E-state index contributed by atoms with van der Waals surface area (Å²) in [5.41, 5.74) is 2.75. The molecule has 132 valence electrons. The molecule has 0 bridgehead atoms. The van der Waals surface area contributed by atoms with E-state index in [1.165, 1.54) is 49.7 Å². The second kappa shape index (κ2) is 8.68. The van der Waals surface area contributed by atoms with Crippen LogP contribution in [0.15, 0.2) is 24.3 Å². The standard InChI is InChI=1S/C20H30N2S2/c1-16-7-9-18(10-8-16)14-21-11-12-22(20(23)24)19(15-21)13-17-5-3-2-4-6-17/h7-10,17,19H,2-6,11-15H2,1H3,(H,23,24). The SMILES string of the molecule is Cc1ccc(CN2CCN(C(=S)S)C(CC3CCCCC3)C2)cc1. The zero-order chi connectivity index (χ0) is 16.9. The van der Waals surface area contributed by atoms with E-state index in [1.807, 2.05) is 0 Å². The lowest BCUT2D eigenvalue weighted by Crippen LogP contribution is -2.54. The summed E-state index contributed by atoms with van der Waals surface area (Å²) in [4.78, 5) is 4.97. The predicted octanol–water partition coefficient (Wildman–Crippen LogP) is 4.67. The van der Waals surface area contributed by atoms with E-state index in [-0.39, 0.29) is 0 Å². The van der Waals surface area contributed by atoms with Crippen LogP contribution in [0.25, 0.3) is 0 Å². The van der Waals surface area contributed by atoms with Crippen LogP contribution in [0, 0.1) is 12.8 Å². The smallest absolute Gasteiger partial charge is 0.133 e. The third-order valence-corrected chi connectivity index (χ3v) is 6.16. The Morgan fingerprint density at radius 3 is 2.50 bits per heavy atom. The summed E-state index contributed by atoms with van der Waals surface area (Å²) in [6.07, 6.45) is 8.34. The fourth-order valence-electron chi connectivity index (χ4n) is 4.28. The first kappa shape index (κ1) is 18.2. The van der Waals surface area contributed by atoms with Gasteiger partial charge in [0.25, 0.3) is 0 Å². The number of hydrogen-bond acceptors (Lipinski definition) is 2. The minimum absolute atomic E-state index is 0.539. The van der Waals surface area contributed by atoms with Gasteiger partial charge in [0.1, 0.15) is 4.32 Å². The third kappa shape index (κ3) is 4.96. The Morgan fingerprint density at radius 2 is 1.83 bits per heavy atom. The quantitative estimate of drug-likeness (QED) is 0.615. The van der Waals surface area contributed by atoms with Crippen molar-refractivity contribution in [1.29, 1.82) is 0 Å². The first-order valence-corrected chi connectivity index (χ1v) is 10.2. The van der Waals surface area contributed by atoms with Gasteiger partial charge >= 0.3 is 0 Å². The molecule has 2 nitrogen and oxygen atoms in total. The minimum atomic E-state index is 0.539. The predicted molar refractivity (Wildman–Crippen MR) is 110 cm³/mol. The Morgan fingerprint density at radius 1 is 1.12 bits per heavy atom. The van der Waals surface area contributed by atoms with E-state index in [9.17, 15) is 0 Å². The normalized spacial score (nSPS) is 23.4. The van der Waals surface area contributed by atoms with Gasteiger partial charge in [-0.05, 0) is 24.8 Å². The monoisotopic (exact) mass is 362 g/mol. The number of thiol groups is 1. The van der Waals surface area contributed by atoms with Crippen LogP contribution in [0.4, 0.5) is 0 Å². The zero-order valence-corrected chi connectivity index (χ0v) is 16.5. The summed E-state index contributed by atoms with van der Waals surface area (Å²) in [5.74, 6) is 0.883. The summed E-state index contributed by atoms with van der Waals surface area (Å²) < 4.78 is 0.783. The van der Waals surface area contributed by atoms with Gasteiger partial charge in [-0.1, -0.05) is 74.2 Å². The van der Waals surface area contributed by atoms with E-state index >= 15 is 0 Å². The summed E-state index contributed by atoms with van der Waals surface area (Å²) in [6.45, 7) is 6.41. The maximum atomic E-state index is 5.41. The molecule has 0 radical (unpaired) electrons. The number of hydrogen-bond donors (Lipinski definition) is 1. The number of aryl methyl sites for hydroxylation is 1. The van der Waals surface area contributed by atoms with E-state index in [4.69, 9.17) is 12.2 Å². The third-order valence-electron chi connectivity index (χ3n) is 5.67. The lowest BCUT2D eigenvalue weighted by molar-refractivity contribution is 0.103. The molecule has 3 rings (SSSR count). The molecule has 2 aliphatic rings. The van der Waals surface area contributed by atoms with Crippen LogP contribution < -0.4 is 0 Å². The van der Waals surface area contributed by atoms with Crippen LogP contribution >= 0.6 is 24.8 Å². The summed E-state index contributed by atoms with van der Waals surface area (Å²) in [5, 5.41) is 0. The molecule has 1 aromatic carbocycles. The average molecular weight is 363 g/mol. The molecule has 2 fully saturated rings. The molecule has 1 aliphatic carbocycles. The molecular formula is C20H30N2S2. The number of benzene rings is 1. The molecular weight excluding hydrogens is 332 g/mol. The van der Waals surface area contributed by atoms with E-state index in [0.29, 0.717) is 6.04 Å². The fourth-order valence-corrected chi connectivity index (χ4v) is 4.78. The van der Waals surface area contributed by atoms with Crippen molar-refractivity contribution in [3.63, 3.8) is 0 Å². The van der Waals surface area contributed by atoms with Crippen molar-refractivity contribution >= 4 is 29.2 Å². The molecule has 0 aromatic heterocycles. The Kier molecular flexibility index (Phi) is 6.59. The molecule has 1 saturated carbocycles. The van der Waals surface area contributed by atoms with Crippen LogP contribution in [0.1, 0.15) is 49.7 Å². The van der Waals surface area contributed by atoms with E-state index in [2.05, 4.69) is 53.6 Å². The highest BCUT2D eigenvalue weighted by Crippen LogP contribution is 2.30. The first-order valence-electron chi connectivity index (χ1n) is 9.39. The first-order chi connectivity index (χ1) is 11.6. The zero-order valence-electron chi connectivity index (χ0n) is 14.8. The van der Waals surface area contributed by atoms with Crippen molar-refractivity contribution in [2.75, 3.05) is 19.6 Å². The van der Waals surface area contributed by atoms with Crippen molar-refractivity contribution in [1.82, 2.24) is 9.80 Å². The molecule has 0 amide bonds. The van der Waals surface area contributed by atoms with Gasteiger partial charge in [-0.2, -0.15) is 0 Å². The Bertz CT molecular complexity index is 537. The van der Waals surface area contributed by atoms with Crippen LogP contribution in [-0.4, -0.2) is 39.8 Å². The molecule has 1 aliphatic heterocycles. The Labute approximate surface area is 158 Å². The van der Waals surface area contributed by atoms with E-state index < -0.39 is 0 Å². The van der Waals surface area contributed by atoms with Gasteiger partial charge < -0.3 is 4.90 Å². The molecule has 1 saturated heterocycles. The highest BCUT2D eigenvalue weighted by Gasteiger charge is 2.30. The van der Waals surface area contributed by atoms with Gasteiger partial charge in [0.05, 0.1) is 0 Å². The van der Waals surface area contributed by atoms with Gasteiger partial charge in [-0.3, -0.25) is 4.90 Å². The highest BCUT2D eigenvalue weighted by atomic mass is 32.1. The minimum Gasteiger partial charge on any atom is -0.352 e. The molecule has 1 heterocycles. The summed E-state index contributed by atoms with van der Waals surface area (Å²) in [6, 6.07) is 9.50. The summed E-state index contributed by atoms with van der Waals surface area (Å²) >= 11 is 9.91. The van der Waals surface area contributed by atoms with Crippen LogP contribution in [0.3, 0.4) is 0 Å². The molecule has 1 atom stereocenters. The average Bonchev–Trinajstić information content (AvgIpc) is 2.58.